The molecule has 0 radical (unpaired) electrons. The van der Waals surface area contributed by atoms with Gasteiger partial charge in [0.25, 0.3) is 5.56 Å². The van der Waals surface area contributed by atoms with E-state index in [1.54, 1.807) is 10.9 Å². The third-order valence-corrected chi connectivity index (χ3v) is 4.56. The van der Waals surface area contributed by atoms with Gasteiger partial charge >= 0.3 is 0 Å². The number of fused-ring (bicyclic) bond motifs is 3. The minimum absolute atomic E-state index is 0.0566. The fraction of sp³-hybridized carbons (Fsp3) is 0.467. The van der Waals surface area contributed by atoms with Crippen LogP contribution in [0, 0.1) is 0 Å². The van der Waals surface area contributed by atoms with Gasteiger partial charge < -0.3 is 4.98 Å². The quantitative estimate of drug-likeness (QED) is 0.739. The molecule has 3 aromatic rings. The van der Waals surface area contributed by atoms with Crippen LogP contribution in [0.4, 0.5) is 0 Å². The summed E-state index contributed by atoms with van der Waals surface area (Å²) in [5, 5.41) is 1.77. The molecule has 0 bridgehead atoms. The van der Waals surface area contributed by atoms with Gasteiger partial charge in [0, 0.05) is 24.8 Å². The van der Waals surface area contributed by atoms with Crippen LogP contribution >= 0.6 is 0 Å². The second kappa shape index (κ2) is 4.23. The van der Waals surface area contributed by atoms with Gasteiger partial charge in [-0.05, 0) is 18.9 Å². The van der Waals surface area contributed by atoms with Gasteiger partial charge in [-0.3, -0.25) is 14.2 Å². The van der Waals surface area contributed by atoms with E-state index in [0.717, 1.165) is 34.8 Å². The number of pyridine rings is 1. The minimum atomic E-state index is 0.0566. The molecule has 5 nitrogen and oxygen atoms in total. The van der Waals surface area contributed by atoms with Crippen molar-refractivity contribution < 1.29 is 0 Å². The average molecular weight is 270 g/mol. The molecule has 1 N–H and O–H groups in total. The smallest absolute Gasteiger partial charge is 0.275 e. The Bertz CT molecular complexity index is 833. The van der Waals surface area contributed by atoms with Crippen molar-refractivity contribution in [1.82, 2.24) is 19.3 Å². The molecule has 0 atom stereocenters. The molecule has 3 aromatic heterocycles. The van der Waals surface area contributed by atoms with Crippen molar-refractivity contribution in [3.8, 4) is 0 Å². The lowest BCUT2D eigenvalue weighted by molar-refractivity contribution is 0.307. The monoisotopic (exact) mass is 270 g/mol. The molecule has 1 aliphatic rings. The summed E-state index contributed by atoms with van der Waals surface area (Å²) >= 11 is 0. The summed E-state index contributed by atoms with van der Waals surface area (Å²) in [4.78, 5) is 19.9. The number of nitrogens with zero attached hydrogens (tertiary/aromatic N) is 3. The Kier molecular flexibility index (Phi) is 2.49. The van der Waals surface area contributed by atoms with Crippen LogP contribution < -0.4 is 5.56 Å². The van der Waals surface area contributed by atoms with Crippen LogP contribution in [0.15, 0.2) is 23.3 Å². The van der Waals surface area contributed by atoms with Crippen LogP contribution in [-0.4, -0.2) is 19.3 Å². The highest BCUT2D eigenvalue weighted by atomic mass is 16.1. The molecule has 1 fully saturated rings. The van der Waals surface area contributed by atoms with Crippen LogP contribution in [0.1, 0.15) is 38.1 Å². The van der Waals surface area contributed by atoms with Crippen LogP contribution in [0.3, 0.4) is 0 Å². The van der Waals surface area contributed by atoms with E-state index in [4.69, 9.17) is 0 Å². The molecule has 0 aliphatic heterocycles. The summed E-state index contributed by atoms with van der Waals surface area (Å²) < 4.78 is 3.98. The maximum absolute atomic E-state index is 12.4. The van der Waals surface area contributed by atoms with E-state index >= 15 is 0 Å². The molecule has 0 aromatic carbocycles. The fourth-order valence-electron chi connectivity index (χ4n) is 3.57. The Morgan fingerprint density at radius 2 is 2.05 bits per heavy atom. The number of hydrogen-bond acceptors (Lipinski definition) is 2. The molecule has 1 aliphatic carbocycles. The van der Waals surface area contributed by atoms with E-state index in [1.165, 1.54) is 19.3 Å². The second-order valence-corrected chi connectivity index (χ2v) is 5.73. The summed E-state index contributed by atoms with van der Waals surface area (Å²) in [6.45, 7) is 0. The van der Waals surface area contributed by atoms with Crippen LogP contribution in [-0.2, 0) is 7.05 Å². The first kappa shape index (κ1) is 11.8. The number of aromatic nitrogens is 4. The maximum Gasteiger partial charge on any atom is 0.275 e. The molecular formula is C15H18N4O. The number of aromatic amines is 1. The molecule has 4 rings (SSSR count). The van der Waals surface area contributed by atoms with Gasteiger partial charge in [0.2, 0.25) is 0 Å². The van der Waals surface area contributed by atoms with Gasteiger partial charge in [-0.15, -0.1) is 0 Å². The molecule has 104 valence electrons. The van der Waals surface area contributed by atoms with Crippen molar-refractivity contribution in [3.05, 3.63) is 28.8 Å². The van der Waals surface area contributed by atoms with Gasteiger partial charge in [-0.1, -0.05) is 19.3 Å². The highest BCUT2D eigenvalue weighted by Gasteiger charge is 2.22. The van der Waals surface area contributed by atoms with E-state index in [9.17, 15) is 4.79 Å². The van der Waals surface area contributed by atoms with E-state index < -0.39 is 0 Å². The minimum Gasteiger partial charge on any atom is -0.346 e. The number of rotatable bonds is 1. The van der Waals surface area contributed by atoms with Gasteiger partial charge in [-0.25, -0.2) is 4.98 Å². The normalized spacial score (nSPS) is 17.2. The predicted octanol–water partition coefficient (Wildman–Crippen LogP) is 2.72. The highest BCUT2D eigenvalue weighted by Crippen LogP contribution is 2.32. The first-order valence-electron chi connectivity index (χ1n) is 7.30. The van der Waals surface area contributed by atoms with Crippen molar-refractivity contribution in [2.24, 2.45) is 7.05 Å². The van der Waals surface area contributed by atoms with Crippen molar-refractivity contribution in [1.29, 1.82) is 0 Å². The molecule has 0 saturated heterocycles. The van der Waals surface area contributed by atoms with Crippen LogP contribution in [0.25, 0.3) is 21.9 Å². The zero-order valence-electron chi connectivity index (χ0n) is 11.6. The molecule has 0 unspecified atom stereocenters. The van der Waals surface area contributed by atoms with Crippen molar-refractivity contribution >= 4 is 21.9 Å². The third-order valence-electron chi connectivity index (χ3n) is 4.56. The lowest BCUT2D eigenvalue weighted by Crippen LogP contribution is -2.24. The molecule has 5 heteroatoms. The summed E-state index contributed by atoms with van der Waals surface area (Å²) in [6.07, 6.45) is 9.72. The first-order chi connectivity index (χ1) is 9.77. The second-order valence-electron chi connectivity index (χ2n) is 5.73. The first-order valence-corrected chi connectivity index (χ1v) is 7.30. The Labute approximate surface area is 116 Å². The van der Waals surface area contributed by atoms with E-state index in [0.29, 0.717) is 6.04 Å². The summed E-state index contributed by atoms with van der Waals surface area (Å²) in [5.41, 5.74) is 1.95. The van der Waals surface area contributed by atoms with Crippen LogP contribution in [0.2, 0.25) is 0 Å². The number of hydrogen-bond donors (Lipinski definition) is 1. The van der Waals surface area contributed by atoms with Crippen LogP contribution in [0.5, 0.6) is 0 Å². The fourth-order valence-corrected chi connectivity index (χ4v) is 3.57. The molecule has 20 heavy (non-hydrogen) atoms. The van der Waals surface area contributed by atoms with Crippen molar-refractivity contribution in [3.63, 3.8) is 0 Å². The molecule has 0 spiro atoms. The predicted molar refractivity (Wildman–Crippen MR) is 79.0 cm³/mol. The summed E-state index contributed by atoms with van der Waals surface area (Å²) in [5.74, 6) is 0. The van der Waals surface area contributed by atoms with Gasteiger partial charge in [0.05, 0.1) is 16.9 Å². The molecule has 0 amide bonds. The Hall–Kier alpha value is -2.04. The summed E-state index contributed by atoms with van der Waals surface area (Å²) in [7, 11) is 1.87. The van der Waals surface area contributed by atoms with E-state index in [2.05, 4.69) is 14.6 Å². The average Bonchev–Trinajstić information content (AvgIpc) is 3.04. The standard InChI is InChI=1S/C15H18N4O/c1-18-15(20)12-9-17-14-11(7-8-16-14)13(12)19(18)10-5-3-2-4-6-10/h7-10H,2-6H2,1H3,(H,16,17). The maximum atomic E-state index is 12.4. The molecule has 3 heterocycles. The van der Waals surface area contributed by atoms with Gasteiger partial charge in [0.1, 0.15) is 5.65 Å². The zero-order chi connectivity index (χ0) is 13.7. The topological polar surface area (TPSA) is 55.6 Å². The number of nitrogens with one attached hydrogen (secondary N) is 1. The highest BCUT2D eigenvalue weighted by molar-refractivity contribution is 6.02. The van der Waals surface area contributed by atoms with Gasteiger partial charge in [0.15, 0.2) is 0 Å². The zero-order valence-corrected chi connectivity index (χ0v) is 11.6. The molecule has 1 saturated carbocycles. The largest absolute Gasteiger partial charge is 0.346 e. The van der Waals surface area contributed by atoms with Gasteiger partial charge in [-0.2, -0.15) is 0 Å². The lowest BCUT2D eigenvalue weighted by Gasteiger charge is -2.25. The Morgan fingerprint density at radius 1 is 1.25 bits per heavy atom. The molecular weight excluding hydrogens is 252 g/mol. The lowest BCUT2D eigenvalue weighted by atomic mass is 9.95. The third kappa shape index (κ3) is 1.49. The van der Waals surface area contributed by atoms with E-state index in [-0.39, 0.29) is 5.56 Å². The SMILES string of the molecule is Cn1c(=O)c2cnc3[nH]ccc3c2n1C1CCCCC1. The van der Waals surface area contributed by atoms with Crippen molar-refractivity contribution in [2.45, 2.75) is 38.1 Å². The Balaban J connectivity index is 2.09. The number of H-pyrrole nitrogens is 1. The van der Waals surface area contributed by atoms with E-state index in [1.807, 2.05) is 19.3 Å². The summed E-state index contributed by atoms with van der Waals surface area (Å²) in [6, 6.07) is 2.45. The Morgan fingerprint density at radius 3 is 2.85 bits per heavy atom. The van der Waals surface area contributed by atoms with Crippen molar-refractivity contribution in [2.75, 3.05) is 0 Å².